The lowest BCUT2D eigenvalue weighted by molar-refractivity contribution is 0.656. The van der Waals surface area contributed by atoms with Crippen LogP contribution in [0.25, 0.3) is 0 Å². The maximum atomic E-state index is 9.17. The van der Waals surface area contributed by atoms with Crippen LogP contribution < -0.4 is 5.73 Å². The standard InChI is InChI=1S/C14H13ClN4/c15-10-3-1-9(2-4-10)7-14(5-6-14)12-11(8-16)13(17)19-18-12/h1-4H,5-7H2,(H3,17,18,19). The number of nitrogens with two attached hydrogens (primary N) is 1. The van der Waals surface area contributed by atoms with Gasteiger partial charge in [0.1, 0.15) is 11.6 Å². The van der Waals surface area contributed by atoms with Crippen LogP contribution >= 0.6 is 11.6 Å². The molecule has 1 saturated carbocycles. The summed E-state index contributed by atoms with van der Waals surface area (Å²) < 4.78 is 0. The van der Waals surface area contributed by atoms with Gasteiger partial charge in [-0.15, -0.1) is 0 Å². The van der Waals surface area contributed by atoms with Crippen molar-refractivity contribution in [3.8, 4) is 6.07 Å². The number of nitriles is 1. The second-order valence-electron chi connectivity index (χ2n) is 5.05. The molecule has 1 heterocycles. The van der Waals surface area contributed by atoms with E-state index in [0.717, 1.165) is 30.0 Å². The van der Waals surface area contributed by atoms with Crippen molar-refractivity contribution in [1.29, 1.82) is 5.26 Å². The van der Waals surface area contributed by atoms with E-state index in [1.54, 1.807) is 0 Å². The summed E-state index contributed by atoms with van der Waals surface area (Å²) in [7, 11) is 0. The molecule has 1 fully saturated rings. The van der Waals surface area contributed by atoms with Crippen molar-refractivity contribution in [3.63, 3.8) is 0 Å². The van der Waals surface area contributed by atoms with E-state index in [-0.39, 0.29) is 5.41 Å². The molecule has 0 spiro atoms. The highest BCUT2D eigenvalue weighted by Gasteiger charge is 2.47. The number of nitrogens with zero attached hydrogens (tertiary/aromatic N) is 2. The normalized spacial score (nSPS) is 16.0. The fourth-order valence-corrected chi connectivity index (χ4v) is 2.64. The first-order chi connectivity index (χ1) is 9.14. The van der Waals surface area contributed by atoms with E-state index in [4.69, 9.17) is 17.3 Å². The van der Waals surface area contributed by atoms with Crippen LogP contribution in [-0.4, -0.2) is 10.2 Å². The molecule has 2 aromatic rings. The molecule has 0 aliphatic heterocycles. The summed E-state index contributed by atoms with van der Waals surface area (Å²) in [5.74, 6) is 0.292. The summed E-state index contributed by atoms with van der Waals surface area (Å²) in [6, 6.07) is 9.97. The van der Waals surface area contributed by atoms with Crippen LogP contribution in [0.4, 0.5) is 5.82 Å². The number of halogens is 1. The lowest BCUT2D eigenvalue weighted by Crippen LogP contribution is -2.13. The molecule has 3 N–H and O–H groups in total. The highest BCUT2D eigenvalue weighted by atomic mass is 35.5. The maximum Gasteiger partial charge on any atom is 0.163 e. The number of hydrogen-bond donors (Lipinski definition) is 2. The average Bonchev–Trinajstić information content (AvgIpc) is 3.08. The van der Waals surface area contributed by atoms with E-state index >= 15 is 0 Å². The van der Waals surface area contributed by atoms with Gasteiger partial charge in [-0.2, -0.15) is 10.4 Å². The summed E-state index contributed by atoms with van der Waals surface area (Å²) in [5.41, 5.74) is 8.27. The van der Waals surface area contributed by atoms with E-state index in [1.807, 2.05) is 24.3 Å². The van der Waals surface area contributed by atoms with Crippen molar-refractivity contribution in [3.05, 3.63) is 46.1 Å². The summed E-state index contributed by atoms with van der Waals surface area (Å²) in [6.07, 6.45) is 2.97. The van der Waals surface area contributed by atoms with Gasteiger partial charge in [0.05, 0.1) is 5.69 Å². The molecule has 1 aromatic heterocycles. The Hall–Kier alpha value is -1.99. The second-order valence-corrected chi connectivity index (χ2v) is 5.49. The molecule has 0 saturated heterocycles. The minimum absolute atomic E-state index is 0.0104. The Morgan fingerprint density at radius 3 is 2.63 bits per heavy atom. The Morgan fingerprint density at radius 2 is 2.05 bits per heavy atom. The van der Waals surface area contributed by atoms with Crippen LogP contribution in [0, 0.1) is 11.3 Å². The van der Waals surface area contributed by atoms with E-state index in [0.29, 0.717) is 11.4 Å². The molecule has 0 radical (unpaired) electrons. The Kier molecular flexibility index (Phi) is 2.72. The van der Waals surface area contributed by atoms with Gasteiger partial charge in [0.2, 0.25) is 0 Å². The molecule has 0 bridgehead atoms. The van der Waals surface area contributed by atoms with Crippen LogP contribution in [-0.2, 0) is 11.8 Å². The van der Waals surface area contributed by atoms with Crippen LogP contribution in [0.3, 0.4) is 0 Å². The molecule has 0 unspecified atom stereocenters. The van der Waals surface area contributed by atoms with E-state index < -0.39 is 0 Å². The van der Waals surface area contributed by atoms with Gasteiger partial charge in [-0.1, -0.05) is 23.7 Å². The first kappa shape index (κ1) is 12.1. The predicted octanol–water partition coefficient (Wildman–Crippen LogP) is 2.79. The van der Waals surface area contributed by atoms with Gasteiger partial charge in [0.15, 0.2) is 5.82 Å². The summed E-state index contributed by atoms with van der Waals surface area (Å²) in [4.78, 5) is 0. The van der Waals surface area contributed by atoms with Crippen molar-refractivity contribution in [1.82, 2.24) is 10.2 Å². The predicted molar refractivity (Wildman–Crippen MR) is 73.8 cm³/mol. The van der Waals surface area contributed by atoms with Crippen LogP contribution in [0.15, 0.2) is 24.3 Å². The fourth-order valence-electron chi connectivity index (χ4n) is 2.51. The summed E-state index contributed by atoms with van der Waals surface area (Å²) in [5, 5.41) is 16.8. The number of nitrogens with one attached hydrogen (secondary N) is 1. The molecule has 0 amide bonds. The first-order valence-electron chi connectivity index (χ1n) is 6.13. The third-order valence-corrected chi connectivity index (χ3v) is 4.00. The van der Waals surface area contributed by atoms with Gasteiger partial charge in [0, 0.05) is 10.4 Å². The third-order valence-electron chi connectivity index (χ3n) is 3.75. The molecule has 5 heteroatoms. The zero-order valence-corrected chi connectivity index (χ0v) is 11.0. The Balaban J connectivity index is 1.92. The number of benzene rings is 1. The van der Waals surface area contributed by atoms with Gasteiger partial charge in [-0.3, -0.25) is 5.10 Å². The maximum absolute atomic E-state index is 9.17. The molecule has 3 rings (SSSR count). The number of nitrogen functional groups attached to an aromatic ring is 1. The molecule has 4 nitrogen and oxygen atoms in total. The first-order valence-corrected chi connectivity index (χ1v) is 6.51. The second kappa shape index (κ2) is 4.29. The van der Waals surface area contributed by atoms with Crippen LogP contribution in [0.5, 0.6) is 0 Å². The van der Waals surface area contributed by atoms with E-state index in [2.05, 4.69) is 16.3 Å². The number of hydrogen-bond acceptors (Lipinski definition) is 3. The Morgan fingerprint density at radius 1 is 1.37 bits per heavy atom. The highest BCUT2D eigenvalue weighted by Crippen LogP contribution is 2.51. The smallest absolute Gasteiger partial charge is 0.163 e. The molecule has 1 aliphatic rings. The number of anilines is 1. The van der Waals surface area contributed by atoms with Gasteiger partial charge in [-0.25, -0.2) is 0 Å². The van der Waals surface area contributed by atoms with Gasteiger partial charge in [-0.05, 0) is 37.0 Å². The zero-order valence-electron chi connectivity index (χ0n) is 10.3. The lowest BCUT2D eigenvalue weighted by atomic mass is 9.91. The van der Waals surface area contributed by atoms with Gasteiger partial charge >= 0.3 is 0 Å². The van der Waals surface area contributed by atoms with Crippen molar-refractivity contribution in [2.24, 2.45) is 0 Å². The van der Waals surface area contributed by atoms with Gasteiger partial charge in [0.25, 0.3) is 0 Å². The largest absolute Gasteiger partial charge is 0.381 e. The Labute approximate surface area is 116 Å². The van der Waals surface area contributed by atoms with Crippen molar-refractivity contribution >= 4 is 17.4 Å². The van der Waals surface area contributed by atoms with Crippen LogP contribution in [0.1, 0.15) is 29.7 Å². The average molecular weight is 273 g/mol. The van der Waals surface area contributed by atoms with Crippen molar-refractivity contribution < 1.29 is 0 Å². The van der Waals surface area contributed by atoms with E-state index in [9.17, 15) is 5.26 Å². The minimum atomic E-state index is -0.0104. The number of aromatic amines is 1. The van der Waals surface area contributed by atoms with E-state index in [1.165, 1.54) is 5.56 Å². The van der Waals surface area contributed by atoms with Crippen LogP contribution in [0.2, 0.25) is 5.02 Å². The van der Waals surface area contributed by atoms with Gasteiger partial charge < -0.3 is 5.73 Å². The quantitative estimate of drug-likeness (QED) is 0.902. The zero-order chi connectivity index (χ0) is 13.5. The fraction of sp³-hybridized carbons (Fsp3) is 0.286. The minimum Gasteiger partial charge on any atom is -0.381 e. The SMILES string of the molecule is N#Cc1c(N)n[nH]c1C1(Cc2ccc(Cl)cc2)CC1. The molecule has 0 atom stereocenters. The molecule has 96 valence electrons. The molecule has 1 aliphatic carbocycles. The topological polar surface area (TPSA) is 78.5 Å². The monoisotopic (exact) mass is 272 g/mol. The number of rotatable bonds is 3. The highest BCUT2D eigenvalue weighted by molar-refractivity contribution is 6.30. The van der Waals surface area contributed by atoms with Crippen molar-refractivity contribution in [2.45, 2.75) is 24.7 Å². The molecule has 1 aromatic carbocycles. The number of aromatic nitrogens is 2. The third kappa shape index (κ3) is 2.06. The lowest BCUT2D eigenvalue weighted by Gasteiger charge is -2.13. The van der Waals surface area contributed by atoms with Crippen molar-refractivity contribution in [2.75, 3.05) is 5.73 Å². The molecular formula is C14H13ClN4. The Bertz CT molecular complexity index is 647. The molecule has 19 heavy (non-hydrogen) atoms. The summed E-state index contributed by atoms with van der Waals surface area (Å²) in [6.45, 7) is 0. The molecular weight excluding hydrogens is 260 g/mol. The summed E-state index contributed by atoms with van der Waals surface area (Å²) >= 11 is 5.89. The number of H-pyrrole nitrogens is 1.